The zero-order valence-electron chi connectivity index (χ0n) is 14.3. The average Bonchev–Trinajstić information content (AvgIpc) is 3.02. The van der Waals surface area contributed by atoms with Crippen LogP contribution in [0.25, 0.3) is 0 Å². The zero-order valence-corrected chi connectivity index (χ0v) is 15.1. The molecule has 0 unspecified atom stereocenters. The van der Waals surface area contributed by atoms with Gasteiger partial charge in [0.25, 0.3) is 5.91 Å². The van der Waals surface area contributed by atoms with Crippen LogP contribution in [0, 0.1) is 25.2 Å². The van der Waals surface area contributed by atoms with E-state index < -0.39 is 0 Å². The second kappa shape index (κ2) is 7.76. The van der Waals surface area contributed by atoms with E-state index in [4.69, 9.17) is 10.00 Å². The fourth-order valence-electron chi connectivity index (χ4n) is 2.26. The summed E-state index contributed by atoms with van der Waals surface area (Å²) in [7, 11) is 0. The highest BCUT2D eigenvalue weighted by Crippen LogP contribution is 2.22. The number of nitrogens with one attached hydrogen (secondary N) is 1. The average molecular weight is 364 g/mol. The second-order valence-electron chi connectivity index (χ2n) is 5.59. The first-order valence-electron chi connectivity index (χ1n) is 7.88. The lowest BCUT2D eigenvalue weighted by atomic mass is 10.2. The Kier molecular flexibility index (Phi) is 5.25. The quantitative estimate of drug-likeness (QED) is 0.743. The normalized spacial score (nSPS) is 10.2. The summed E-state index contributed by atoms with van der Waals surface area (Å²) in [5, 5.41) is 12.4. The summed E-state index contributed by atoms with van der Waals surface area (Å²) in [5.41, 5.74) is 2.63. The third-order valence-corrected chi connectivity index (χ3v) is 4.67. The van der Waals surface area contributed by atoms with Crippen molar-refractivity contribution in [2.24, 2.45) is 0 Å². The monoisotopic (exact) mass is 364 g/mol. The van der Waals surface area contributed by atoms with Crippen LogP contribution in [-0.2, 0) is 6.61 Å². The van der Waals surface area contributed by atoms with Gasteiger partial charge < -0.3 is 10.1 Å². The zero-order chi connectivity index (χ0) is 18.5. The molecule has 0 bridgehead atoms. The number of benzene rings is 1. The summed E-state index contributed by atoms with van der Waals surface area (Å²) in [6.07, 6.45) is 1.66. The van der Waals surface area contributed by atoms with Gasteiger partial charge in [-0.25, -0.2) is 4.98 Å². The van der Waals surface area contributed by atoms with E-state index in [-0.39, 0.29) is 12.5 Å². The van der Waals surface area contributed by atoms with Gasteiger partial charge in [0.2, 0.25) is 0 Å². The predicted octanol–water partition coefficient (Wildman–Crippen LogP) is 3.86. The van der Waals surface area contributed by atoms with Gasteiger partial charge in [-0.15, -0.1) is 11.3 Å². The van der Waals surface area contributed by atoms with Crippen LogP contribution >= 0.6 is 11.3 Å². The topological polar surface area (TPSA) is 87.9 Å². The Labute approximate surface area is 155 Å². The highest BCUT2D eigenvalue weighted by Gasteiger charge is 2.16. The molecular weight excluding hydrogens is 348 g/mol. The van der Waals surface area contributed by atoms with E-state index in [0.29, 0.717) is 32.6 Å². The Balaban J connectivity index is 1.67. The van der Waals surface area contributed by atoms with Crippen molar-refractivity contribution in [3.63, 3.8) is 0 Å². The summed E-state index contributed by atoms with van der Waals surface area (Å²) in [6, 6.07) is 12.5. The summed E-state index contributed by atoms with van der Waals surface area (Å²) in [4.78, 5) is 21.6. The molecule has 3 rings (SSSR count). The lowest BCUT2D eigenvalue weighted by molar-refractivity contribution is 0.103. The van der Waals surface area contributed by atoms with Crippen molar-refractivity contribution in [3.05, 3.63) is 69.4 Å². The molecule has 0 aliphatic rings. The second-order valence-corrected chi connectivity index (χ2v) is 6.68. The Bertz CT molecular complexity index is 974. The van der Waals surface area contributed by atoms with E-state index in [9.17, 15) is 4.79 Å². The van der Waals surface area contributed by atoms with Gasteiger partial charge in [-0.2, -0.15) is 5.26 Å². The minimum absolute atomic E-state index is 0.252. The highest BCUT2D eigenvalue weighted by atomic mass is 32.1. The number of ether oxygens (including phenoxy) is 1. The number of aromatic nitrogens is 2. The van der Waals surface area contributed by atoms with Crippen LogP contribution < -0.4 is 10.1 Å². The number of anilines is 1. The fraction of sp³-hybridized carbons (Fsp3) is 0.158. The third kappa shape index (κ3) is 4.23. The van der Waals surface area contributed by atoms with Gasteiger partial charge in [0.05, 0.1) is 23.5 Å². The first kappa shape index (κ1) is 17.6. The van der Waals surface area contributed by atoms with Gasteiger partial charge in [0.1, 0.15) is 22.2 Å². The molecule has 3 aromatic rings. The molecule has 0 aliphatic carbocycles. The number of nitrogens with zero attached hydrogens (tertiary/aromatic N) is 3. The van der Waals surface area contributed by atoms with Gasteiger partial charge in [-0.3, -0.25) is 9.78 Å². The van der Waals surface area contributed by atoms with Crippen molar-refractivity contribution in [2.75, 3.05) is 5.32 Å². The maximum atomic E-state index is 12.5. The molecule has 0 aliphatic heterocycles. The maximum absolute atomic E-state index is 12.5. The number of rotatable bonds is 5. The summed E-state index contributed by atoms with van der Waals surface area (Å²) in [5.74, 6) is 0.404. The largest absolute Gasteiger partial charge is 0.485 e. The van der Waals surface area contributed by atoms with Gasteiger partial charge in [0.15, 0.2) is 0 Å². The molecule has 1 aromatic carbocycles. The van der Waals surface area contributed by atoms with Crippen LogP contribution in [0.2, 0.25) is 0 Å². The number of thiazole rings is 1. The number of hydrogen-bond acceptors (Lipinski definition) is 6. The van der Waals surface area contributed by atoms with Crippen LogP contribution in [0.3, 0.4) is 0 Å². The number of carbonyl (C=O) groups is 1. The van der Waals surface area contributed by atoms with E-state index in [0.717, 1.165) is 5.69 Å². The first-order chi connectivity index (χ1) is 12.5. The van der Waals surface area contributed by atoms with Crippen molar-refractivity contribution in [1.82, 2.24) is 9.97 Å². The van der Waals surface area contributed by atoms with Crippen LogP contribution in [0.15, 0.2) is 42.6 Å². The molecule has 6 nitrogen and oxygen atoms in total. The molecule has 130 valence electrons. The van der Waals surface area contributed by atoms with E-state index in [2.05, 4.69) is 15.3 Å². The number of carbonyl (C=O) groups excluding carboxylic acids is 1. The predicted molar refractivity (Wildman–Crippen MR) is 99.3 cm³/mol. The van der Waals surface area contributed by atoms with Crippen molar-refractivity contribution >= 4 is 22.9 Å². The minimum Gasteiger partial charge on any atom is -0.485 e. The van der Waals surface area contributed by atoms with Crippen LogP contribution in [-0.4, -0.2) is 15.9 Å². The summed E-state index contributed by atoms with van der Waals surface area (Å²) in [6.45, 7) is 3.96. The highest BCUT2D eigenvalue weighted by molar-refractivity contribution is 7.13. The molecule has 26 heavy (non-hydrogen) atoms. The smallest absolute Gasteiger partial charge is 0.267 e. The first-order valence-corrected chi connectivity index (χ1v) is 8.70. The van der Waals surface area contributed by atoms with E-state index >= 15 is 0 Å². The van der Waals surface area contributed by atoms with Crippen molar-refractivity contribution in [2.45, 2.75) is 20.5 Å². The SMILES string of the molecule is Cc1ccc(OCc2nc(C)c(C(=O)Nc3cccc(C#N)c3)s2)cn1. The molecule has 1 N–H and O–H groups in total. The molecule has 1 amide bonds. The molecule has 7 heteroatoms. The molecule has 2 aromatic heterocycles. The molecule has 0 spiro atoms. The molecule has 0 saturated carbocycles. The molecular formula is C19H16N4O2S. The molecule has 0 atom stereocenters. The number of nitriles is 1. The number of amides is 1. The Morgan fingerprint density at radius 3 is 2.88 bits per heavy atom. The van der Waals surface area contributed by atoms with Gasteiger partial charge in [-0.1, -0.05) is 6.07 Å². The summed E-state index contributed by atoms with van der Waals surface area (Å²) >= 11 is 1.29. The van der Waals surface area contributed by atoms with Crippen LogP contribution in [0.1, 0.15) is 31.6 Å². The van der Waals surface area contributed by atoms with E-state index in [1.807, 2.05) is 25.1 Å². The van der Waals surface area contributed by atoms with Crippen LogP contribution in [0.4, 0.5) is 5.69 Å². The van der Waals surface area contributed by atoms with Gasteiger partial charge in [0, 0.05) is 11.4 Å². The van der Waals surface area contributed by atoms with E-state index in [1.54, 1.807) is 37.4 Å². The van der Waals surface area contributed by atoms with E-state index in [1.165, 1.54) is 11.3 Å². The standard InChI is InChI=1S/C19H16N4O2S/c1-12-6-7-16(10-21-12)25-11-17-22-13(2)18(26-17)19(24)23-15-5-3-4-14(8-15)9-20/h3-8,10H,11H2,1-2H3,(H,23,24). The van der Waals surface area contributed by atoms with Crippen molar-refractivity contribution in [1.29, 1.82) is 5.26 Å². The van der Waals surface area contributed by atoms with Crippen LogP contribution in [0.5, 0.6) is 5.75 Å². The summed E-state index contributed by atoms with van der Waals surface area (Å²) < 4.78 is 5.66. The number of pyridine rings is 1. The molecule has 2 heterocycles. The van der Waals surface area contributed by atoms with Crippen molar-refractivity contribution in [3.8, 4) is 11.8 Å². The van der Waals surface area contributed by atoms with Gasteiger partial charge >= 0.3 is 0 Å². The molecule has 0 radical (unpaired) electrons. The lowest BCUT2D eigenvalue weighted by Crippen LogP contribution is -2.11. The Morgan fingerprint density at radius 1 is 1.31 bits per heavy atom. The Hall–Kier alpha value is -3.24. The van der Waals surface area contributed by atoms with Crippen molar-refractivity contribution < 1.29 is 9.53 Å². The third-order valence-electron chi connectivity index (χ3n) is 3.54. The van der Waals surface area contributed by atoms with Gasteiger partial charge in [-0.05, 0) is 44.2 Å². The fourth-order valence-corrected chi connectivity index (χ4v) is 3.14. The number of aryl methyl sites for hydroxylation is 2. The maximum Gasteiger partial charge on any atom is 0.267 e. The molecule has 0 saturated heterocycles. The number of hydrogen-bond donors (Lipinski definition) is 1. The molecule has 0 fully saturated rings. The minimum atomic E-state index is -0.252. The Morgan fingerprint density at radius 2 is 2.15 bits per heavy atom. The lowest BCUT2D eigenvalue weighted by Gasteiger charge is -2.04.